The molecule has 3 N–H and O–H groups in total. The first-order chi connectivity index (χ1) is 6.59. The van der Waals surface area contributed by atoms with Crippen molar-refractivity contribution < 1.29 is 4.79 Å². The van der Waals surface area contributed by atoms with Crippen LogP contribution in [0.25, 0.3) is 0 Å². The van der Waals surface area contributed by atoms with Gasteiger partial charge in [0.2, 0.25) is 5.91 Å². The van der Waals surface area contributed by atoms with E-state index in [-0.39, 0.29) is 12.5 Å². The summed E-state index contributed by atoms with van der Waals surface area (Å²) in [6.07, 6.45) is 0. The largest absolute Gasteiger partial charge is 0.369 e. The molecular weight excluding hydrogens is 264 g/mol. The van der Waals surface area contributed by atoms with E-state index < -0.39 is 0 Å². The number of nitrogens with two attached hydrogens (primary N) is 1. The second-order valence-corrected chi connectivity index (χ2v) is 4.62. The van der Waals surface area contributed by atoms with Gasteiger partial charge in [0.05, 0.1) is 6.54 Å². The summed E-state index contributed by atoms with van der Waals surface area (Å²) in [5.74, 6) is -0.355. The maximum atomic E-state index is 10.4. The van der Waals surface area contributed by atoms with Crippen molar-refractivity contribution in [2.75, 3.05) is 6.54 Å². The van der Waals surface area contributed by atoms with Crippen LogP contribution in [-0.4, -0.2) is 12.5 Å². The summed E-state index contributed by atoms with van der Waals surface area (Å²) < 4.78 is 3.95. The van der Waals surface area contributed by atoms with E-state index in [9.17, 15) is 4.79 Å². The number of nitrogens with one attached hydrogen (secondary N) is 1. The lowest BCUT2D eigenvalue weighted by molar-refractivity contribution is -0.116. The molecule has 0 aliphatic rings. The molecule has 0 bridgehead atoms. The Bertz CT molecular complexity index is 344. The maximum absolute atomic E-state index is 10.4. The van der Waals surface area contributed by atoms with Crippen molar-refractivity contribution in [2.45, 2.75) is 11.8 Å². The van der Waals surface area contributed by atoms with E-state index in [1.54, 1.807) is 0 Å². The molecule has 1 rings (SSSR count). The molecule has 5 heteroatoms. The fraction of sp³-hybridized carbons (Fsp3) is 0.222. The molecule has 0 saturated carbocycles. The number of benzene rings is 1. The van der Waals surface area contributed by atoms with Crippen LogP contribution in [0.5, 0.6) is 0 Å². The van der Waals surface area contributed by atoms with Crippen LogP contribution in [0.3, 0.4) is 0 Å². The highest BCUT2D eigenvalue weighted by atomic mass is 79.9. The van der Waals surface area contributed by atoms with Crippen molar-refractivity contribution in [3.05, 3.63) is 28.2 Å². The zero-order chi connectivity index (χ0) is 10.6. The van der Waals surface area contributed by atoms with Crippen LogP contribution >= 0.6 is 27.9 Å². The fourth-order valence-corrected chi connectivity index (χ4v) is 1.87. The number of halogens is 1. The number of rotatable bonds is 4. The van der Waals surface area contributed by atoms with Crippen LogP contribution in [0, 0.1) is 6.92 Å². The van der Waals surface area contributed by atoms with Gasteiger partial charge in [0.1, 0.15) is 0 Å². The average molecular weight is 275 g/mol. The number of hydrogen-bond acceptors (Lipinski definition) is 3. The SMILES string of the molecule is Cc1cc(SNCC(N)=O)ccc1Br. The monoisotopic (exact) mass is 274 g/mol. The molecule has 3 nitrogen and oxygen atoms in total. The lowest BCUT2D eigenvalue weighted by Crippen LogP contribution is -2.23. The highest BCUT2D eigenvalue weighted by molar-refractivity contribution is 9.10. The minimum Gasteiger partial charge on any atom is -0.369 e. The molecular formula is C9H11BrN2OS. The highest BCUT2D eigenvalue weighted by Gasteiger charge is 1.99. The van der Waals surface area contributed by atoms with Crippen molar-refractivity contribution in [1.29, 1.82) is 0 Å². The van der Waals surface area contributed by atoms with Crippen LogP contribution < -0.4 is 10.5 Å². The summed E-state index contributed by atoms with van der Waals surface area (Å²) >= 11 is 4.82. The molecule has 0 aromatic heterocycles. The van der Waals surface area contributed by atoms with Crippen molar-refractivity contribution in [3.63, 3.8) is 0 Å². The lowest BCUT2D eigenvalue weighted by atomic mass is 10.2. The summed E-state index contributed by atoms with van der Waals surface area (Å²) in [5, 5.41) is 0. The van der Waals surface area contributed by atoms with Gasteiger partial charge in [-0.3, -0.25) is 9.52 Å². The Morgan fingerprint density at radius 3 is 2.93 bits per heavy atom. The molecule has 0 unspecified atom stereocenters. The highest BCUT2D eigenvalue weighted by Crippen LogP contribution is 2.22. The van der Waals surface area contributed by atoms with Gasteiger partial charge >= 0.3 is 0 Å². The third kappa shape index (κ3) is 3.69. The van der Waals surface area contributed by atoms with Gasteiger partial charge in [-0.15, -0.1) is 0 Å². The molecule has 0 aliphatic carbocycles. The predicted molar refractivity (Wildman–Crippen MR) is 61.9 cm³/mol. The Morgan fingerprint density at radius 2 is 2.36 bits per heavy atom. The first-order valence-corrected chi connectivity index (χ1v) is 5.64. The number of carbonyl (C=O) groups is 1. The Balaban J connectivity index is 2.51. The van der Waals surface area contributed by atoms with Gasteiger partial charge in [-0.25, -0.2) is 0 Å². The number of primary amides is 1. The third-order valence-electron chi connectivity index (χ3n) is 1.57. The van der Waals surface area contributed by atoms with Crippen molar-refractivity contribution in [3.8, 4) is 0 Å². The fourth-order valence-electron chi connectivity index (χ4n) is 0.871. The molecule has 1 amide bonds. The first-order valence-electron chi connectivity index (χ1n) is 4.04. The molecule has 76 valence electrons. The van der Waals surface area contributed by atoms with E-state index in [4.69, 9.17) is 5.73 Å². The zero-order valence-electron chi connectivity index (χ0n) is 7.71. The van der Waals surface area contributed by atoms with E-state index in [0.717, 1.165) is 14.9 Å². The average Bonchev–Trinajstić information content (AvgIpc) is 2.10. The molecule has 0 fully saturated rings. The van der Waals surface area contributed by atoms with Crippen LogP contribution in [0.4, 0.5) is 0 Å². The molecule has 0 radical (unpaired) electrons. The normalized spacial score (nSPS) is 10.1. The second kappa shape index (κ2) is 5.38. The molecule has 0 saturated heterocycles. The zero-order valence-corrected chi connectivity index (χ0v) is 10.1. The van der Waals surface area contributed by atoms with Gasteiger partial charge < -0.3 is 5.73 Å². The molecule has 14 heavy (non-hydrogen) atoms. The van der Waals surface area contributed by atoms with Crippen molar-refractivity contribution in [1.82, 2.24) is 4.72 Å². The second-order valence-electron chi connectivity index (χ2n) is 2.80. The number of amides is 1. The van der Waals surface area contributed by atoms with Gasteiger partial charge in [-0.1, -0.05) is 15.9 Å². The van der Waals surface area contributed by atoms with Crippen LogP contribution in [-0.2, 0) is 4.79 Å². The van der Waals surface area contributed by atoms with Gasteiger partial charge in [0.15, 0.2) is 0 Å². The van der Waals surface area contributed by atoms with Crippen LogP contribution in [0.1, 0.15) is 5.56 Å². The van der Waals surface area contributed by atoms with Crippen molar-refractivity contribution in [2.24, 2.45) is 5.73 Å². The molecule has 0 atom stereocenters. The van der Waals surface area contributed by atoms with Crippen LogP contribution in [0.15, 0.2) is 27.6 Å². The topological polar surface area (TPSA) is 55.1 Å². The predicted octanol–water partition coefficient (Wildman–Crippen LogP) is 1.84. The summed E-state index contributed by atoms with van der Waals surface area (Å²) in [6, 6.07) is 5.97. The third-order valence-corrected chi connectivity index (χ3v) is 3.23. The number of carbonyl (C=O) groups excluding carboxylic acids is 1. The maximum Gasteiger partial charge on any atom is 0.232 e. The quantitative estimate of drug-likeness (QED) is 0.824. The summed E-state index contributed by atoms with van der Waals surface area (Å²) in [5.41, 5.74) is 6.15. The van der Waals surface area contributed by atoms with Gasteiger partial charge in [0, 0.05) is 9.37 Å². The minimum absolute atomic E-state index is 0.180. The number of hydrogen-bond donors (Lipinski definition) is 2. The van der Waals surface area contributed by atoms with Gasteiger partial charge in [0.25, 0.3) is 0 Å². The molecule has 1 aromatic carbocycles. The van der Waals surface area contributed by atoms with Gasteiger partial charge in [-0.05, 0) is 42.6 Å². The minimum atomic E-state index is -0.355. The Morgan fingerprint density at radius 1 is 1.64 bits per heavy atom. The summed E-state index contributed by atoms with van der Waals surface area (Å²) in [4.78, 5) is 11.5. The standard InChI is InChI=1S/C9H11BrN2OS/c1-6-4-7(2-3-8(6)10)14-12-5-9(11)13/h2-4,12H,5H2,1H3,(H2,11,13). The number of aryl methyl sites for hydroxylation is 1. The smallest absolute Gasteiger partial charge is 0.232 e. The van der Waals surface area contributed by atoms with E-state index in [0.29, 0.717) is 0 Å². The molecule has 0 heterocycles. The molecule has 1 aromatic rings. The van der Waals surface area contributed by atoms with E-state index in [1.807, 2.05) is 25.1 Å². The van der Waals surface area contributed by atoms with Gasteiger partial charge in [-0.2, -0.15) is 0 Å². The Labute approximate surface area is 95.7 Å². The van der Waals surface area contributed by atoms with E-state index >= 15 is 0 Å². The first kappa shape index (κ1) is 11.6. The Hall–Kier alpha value is -0.520. The molecule has 0 spiro atoms. The lowest BCUT2D eigenvalue weighted by Gasteiger charge is -2.03. The van der Waals surface area contributed by atoms with E-state index in [2.05, 4.69) is 20.7 Å². The van der Waals surface area contributed by atoms with Crippen LogP contribution in [0.2, 0.25) is 0 Å². The van der Waals surface area contributed by atoms with E-state index in [1.165, 1.54) is 11.9 Å². The van der Waals surface area contributed by atoms with Crippen molar-refractivity contribution >= 4 is 33.8 Å². The molecule has 0 aliphatic heterocycles. The summed E-state index contributed by atoms with van der Waals surface area (Å²) in [6.45, 7) is 2.20. The summed E-state index contributed by atoms with van der Waals surface area (Å²) in [7, 11) is 0. The Kier molecular flexibility index (Phi) is 4.44.